The third-order valence-corrected chi connectivity index (χ3v) is 2.16. The van der Waals surface area contributed by atoms with E-state index < -0.39 is 0 Å². The summed E-state index contributed by atoms with van der Waals surface area (Å²) in [5.74, 6) is 0. The number of rotatable bonds is 3. The van der Waals surface area contributed by atoms with E-state index in [1.165, 1.54) is 0 Å². The Hall–Kier alpha value is -0.860. The summed E-state index contributed by atoms with van der Waals surface area (Å²) in [5, 5.41) is 11.8. The smallest absolute Gasteiger partial charge is 0.130 e. The molecule has 0 amide bonds. The number of nitrogens with two attached hydrogens (primary N) is 1. The molecule has 1 aromatic rings. The molecule has 2 unspecified atom stereocenters. The van der Waals surface area contributed by atoms with Crippen LogP contribution >= 0.6 is 0 Å². The highest BCUT2D eigenvalue weighted by molar-refractivity contribution is 5.17. The predicted octanol–water partition coefficient (Wildman–Crippen LogP) is 0.302. The molecule has 0 saturated carbocycles. The molecule has 66 valence electrons. The molecule has 3 N–H and O–H groups in total. The van der Waals surface area contributed by atoms with Crippen LogP contribution in [0, 0.1) is 0 Å². The Kier molecular flexibility index (Phi) is 3.26. The highest BCUT2D eigenvalue weighted by Gasteiger charge is 2.16. The second-order valence-corrected chi connectivity index (χ2v) is 3.05. The van der Waals surface area contributed by atoms with Gasteiger partial charge in [0.2, 0.25) is 0 Å². The van der Waals surface area contributed by atoms with Crippen molar-refractivity contribution >= 4 is 0 Å². The van der Waals surface area contributed by atoms with Crippen molar-refractivity contribution in [2.45, 2.75) is 19.1 Å². The van der Waals surface area contributed by atoms with Crippen molar-refractivity contribution in [3.05, 3.63) is 35.9 Å². The maximum atomic E-state index is 9.76. The highest BCUT2D eigenvalue weighted by atomic mass is 16.3. The number of quaternary nitrogens is 1. The zero-order chi connectivity index (χ0) is 8.97. The Morgan fingerprint density at radius 3 is 2.33 bits per heavy atom. The zero-order valence-corrected chi connectivity index (χ0v) is 7.57. The Labute approximate surface area is 73.2 Å². The van der Waals surface area contributed by atoms with E-state index >= 15 is 0 Å². The predicted molar refractivity (Wildman–Crippen MR) is 48.7 cm³/mol. The second-order valence-electron chi connectivity index (χ2n) is 3.05. The van der Waals surface area contributed by atoms with Crippen LogP contribution < -0.4 is 5.32 Å². The van der Waals surface area contributed by atoms with Gasteiger partial charge in [-0.3, -0.25) is 0 Å². The molecule has 0 bridgehead atoms. The van der Waals surface area contributed by atoms with Crippen LogP contribution in [0.3, 0.4) is 0 Å². The van der Waals surface area contributed by atoms with Crippen molar-refractivity contribution in [3.63, 3.8) is 0 Å². The number of hydrogen-bond donors (Lipinski definition) is 2. The van der Waals surface area contributed by atoms with Gasteiger partial charge >= 0.3 is 0 Å². The van der Waals surface area contributed by atoms with Crippen LogP contribution in [0.25, 0.3) is 0 Å². The molecule has 2 nitrogen and oxygen atoms in total. The lowest BCUT2D eigenvalue weighted by molar-refractivity contribution is -0.669. The van der Waals surface area contributed by atoms with Crippen molar-refractivity contribution in [1.82, 2.24) is 0 Å². The first-order chi connectivity index (χ1) is 5.75. The van der Waals surface area contributed by atoms with Gasteiger partial charge in [-0.15, -0.1) is 0 Å². The fourth-order valence-electron chi connectivity index (χ4n) is 1.14. The zero-order valence-electron chi connectivity index (χ0n) is 7.57. The van der Waals surface area contributed by atoms with Crippen LogP contribution in [-0.4, -0.2) is 18.2 Å². The number of likely N-dealkylation sites (N-methyl/N-ethyl adjacent to an activating group) is 1. The summed E-state index contributed by atoms with van der Waals surface area (Å²) < 4.78 is 0. The SMILES string of the molecule is C[NH2+]C(C)C(O)c1ccccc1. The number of hydrogen-bond acceptors (Lipinski definition) is 1. The lowest BCUT2D eigenvalue weighted by atomic mass is 10.0. The molecule has 0 fully saturated rings. The average molecular weight is 166 g/mol. The van der Waals surface area contributed by atoms with Gasteiger partial charge in [0, 0.05) is 0 Å². The van der Waals surface area contributed by atoms with Crippen molar-refractivity contribution in [3.8, 4) is 0 Å². The van der Waals surface area contributed by atoms with Crippen molar-refractivity contribution in [2.75, 3.05) is 7.05 Å². The summed E-state index contributed by atoms with van der Waals surface area (Å²) in [4.78, 5) is 0. The van der Waals surface area contributed by atoms with Gasteiger partial charge in [-0.05, 0) is 12.5 Å². The summed E-state index contributed by atoms with van der Waals surface area (Å²) in [5.41, 5.74) is 0.989. The first-order valence-corrected chi connectivity index (χ1v) is 4.28. The topological polar surface area (TPSA) is 36.8 Å². The molecule has 0 aliphatic heterocycles. The standard InChI is InChI=1S/C10H15NO/c1-8(11-2)10(12)9-6-4-3-5-7-9/h3-8,10-12H,1-2H3/p+1. The summed E-state index contributed by atoms with van der Waals surface area (Å²) in [6.07, 6.45) is -0.365. The Balaban J connectivity index is 2.71. The maximum Gasteiger partial charge on any atom is 0.130 e. The van der Waals surface area contributed by atoms with E-state index in [-0.39, 0.29) is 12.1 Å². The molecule has 0 spiro atoms. The molecule has 0 aliphatic carbocycles. The molecule has 1 rings (SSSR count). The monoisotopic (exact) mass is 166 g/mol. The molecule has 0 saturated heterocycles. The first kappa shape index (κ1) is 9.23. The van der Waals surface area contributed by atoms with E-state index in [2.05, 4.69) is 0 Å². The molecule has 1 aromatic carbocycles. The minimum atomic E-state index is -0.365. The van der Waals surface area contributed by atoms with Crippen LogP contribution in [0.2, 0.25) is 0 Å². The quantitative estimate of drug-likeness (QED) is 0.666. The lowest BCUT2D eigenvalue weighted by Crippen LogP contribution is -2.86. The van der Waals surface area contributed by atoms with Gasteiger partial charge in [-0.2, -0.15) is 0 Å². The minimum absolute atomic E-state index is 0.215. The van der Waals surface area contributed by atoms with Crippen LogP contribution in [0.4, 0.5) is 0 Å². The molecular weight excluding hydrogens is 150 g/mol. The molecular formula is C10H16NO+. The van der Waals surface area contributed by atoms with Crippen molar-refractivity contribution in [2.24, 2.45) is 0 Å². The molecule has 0 aliphatic rings. The average Bonchev–Trinajstić information content (AvgIpc) is 2.17. The van der Waals surface area contributed by atoms with Crippen LogP contribution in [0.15, 0.2) is 30.3 Å². The van der Waals surface area contributed by atoms with Gasteiger partial charge in [0.15, 0.2) is 0 Å². The molecule has 0 aromatic heterocycles. The van der Waals surface area contributed by atoms with E-state index in [4.69, 9.17) is 0 Å². The van der Waals surface area contributed by atoms with E-state index in [9.17, 15) is 5.11 Å². The number of aliphatic hydroxyl groups is 1. The Morgan fingerprint density at radius 1 is 1.25 bits per heavy atom. The summed E-state index contributed by atoms with van der Waals surface area (Å²) in [7, 11) is 1.97. The molecule has 0 radical (unpaired) electrons. The fourth-order valence-corrected chi connectivity index (χ4v) is 1.14. The van der Waals surface area contributed by atoms with Crippen LogP contribution in [0.1, 0.15) is 18.6 Å². The number of aliphatic hydroxyl groups excluding tert-OH is 1. The van der Waals surface area contributed by atoms with E-state index in [0.717, 1.165) is 5.56 Å². The Bertz CT molecular complexity index is 223. The van der Waals surface area contributed by atoms with Gasteiger partial charge in [0.25, 0.3) is 0 Å². The molecule has 12 heavy (non-hydrogen) atoms. The van der Waals surface area contributed by atoms with Crippen LogP contribution in [-0.2, 0) is 0 Å². The Morgan fingerprint density at radius 2 is 1.83 bits per heavy atom. The van der Waals surface area contributed by atoms with Gasteiger partial charge in [-0.25, -0.2) is 0 Å². The van der Waals surface area contributed by atoms with Crippen molar-refractivity contribution in [1.29, 1.82) is 0 Å². The number of benzene rings is 1. The van der Waals surface area contributed by atoms with E-state index in [1.807, 2.05) is 49.6 Å². The second kappa shape index (κ2) is 4.24. The van der Waals surface area contributed by atoms with Crippen molar-refractivity contribution < 1.29 is 10.4 Å². The van der Waals surface area contributed by atoms with Gasteiger partial charge in [0.05, 0.1) is 7.05 Å². The molecule has 2 heteroatoms. The van der Waals surface area contributed by atoms with E-state index in [1.54, 1.807) is 0 Å². The summed E-state index contributed by atoms with van der Waals surface area (Å²) in [6, 6.07) is 9.96. The minimum Gasteiger partial charge on any atom is -0.382 e. The maximum absolute atomic E-state index is 9.76. The first-order valence-electron chi connectivity index (χ1n) is 4.28. The molecule has 0 heterocycles. The largest absolute Gasteiger partial charge is 0.382 e. The van der Waals surface area contributed by atoms with Crippen LogP contribution in [0.5, 0.6) is 0 Å². The third kappa shape index (κ3) is 2.06. The summed E-state index contributed by atoms with van der Waals surface area (Å²) in [6.45, 7) is 2.01. The highest BCUT2D eigenvalue weighted by Crippen LogP contribution is 2.13. The fraction of sp³-hybridized carbons (Fsp3) is 0.400. The third-order valence-electron chi connectivity index (χ3n) is 2.16. The lowest BCUT2D eigenvalue weighted by Gasteiger charge is -2.15. The van der Waals surface area contributed by atoms with Gasteiger partial charge in [-0.1, -0.05) is 30.3 Å². The van der Waals surface area contributed by atoms with Gasteiger partial charge in [0.1, 0.15) is 12.1 Å². The molecule has 2 atom stereocenters. The normalized spacial score (nSPS) is 15.6. The van der Waals surface area contributed by atoms with Gasteiger partial charge < -0.3 is 10.4 Å². The summed E-state index contributed by atoms with van der Waals surface area (Å²) >= 11 is 0. The van der Waals surface area contributed by atoms with E-state index in [0.29, 0.717) is 0 Å².